The number of carbonyl (C=O) groups excluding carboxylic acids is 1. The summed E-state index contributed by atoms with van der Waals surface area (Å²) < 4.78 is 0. The van der Waals surface area contributed by atoms with Crippen molar-refractivity contribution in [1.82, 2.24) is 5.32 Å². The van der Waals surface area contributed by atoms with Crippen LogP contribution in [0.15, 0.2) is 24.3 Å². The molecule has 1 N–H and O–H groups in total. The lowest BCUT2D eigenvalue weighted by Gasteiger charge is -2.39. The summed E-state index contributed by atoms with van der Waals surface area (Å²) in [5.74, 6) is 0.758. The van der Waals surface area contributed by atoms with Gasteiger partial charge in [0.05, 0.1) is 6.42 Å². The predicted molar refractivity (Wildman–Crippen MR) is 87.5 cm³/mol. The molecule has 2 rings (SSSR count). The molecule has 110 valence electrons. The topological polar surface area (TPSA) is 29.1 Å². The summed E-state index contributed by atoms with van der Waals surface area (Å²) in [5, 5.41) is 4.75. The van der Waals surface area contributed by atoms with Gasteiger partial charge in [-0.3, -0.25) is 4.79 Å². The summed E-state index contributed by atoms with van der Waals surface area (Å²) in [6.45, 7) is 2.26. The summed E-state index contributed by atoms with van der Waals surface area (Å²) in [5.41, 5.74) is 0.886. The molecule has 0 radical (unpaired) electrons. The molecule has 0 spiro atoms. The number of benzene rings is 1. The van der Waals surface area contributed by atoms with Crippen molar-refractivity contribution in [3.8, 4) is 0 Å². The number of amides is 1. The van der Waals surface area contributed by atoms with Crippen LogP contribution >= 0.6 is 27.5 Å². The predicted octanol–water partition coefficient (Wildman–Crippen LogP) is 4.34. The summed E-state index contributed by atoms with van der Waals surface area (Å²) in [6.07, 6.45) is 4.95. The average molecular weight is 359 g/mol. The van der Waals surface area contributed by atoms with Crippen molar-refractivity contribution in [2.24, 2.45) is 5.92 Å². The molecule has 0 heterocycles. The number of alkyl halides is 1. The zero-order valence-corrected chi connectivity index (χ0v) is 14.1. The Morgan fingerprint density at radius 2 is 2.35 bits per heavy atom. The zero-order chi connectivity index (χ0) is 14.6. The smallest absolute Gasteiger partial charge is 0.224 e. The molecule has 0 aromatic heterocycles. The maximum absolute atomic E-state index is 12.3. The largest absolute Gasteiger partial charge is 0.350 e. The Morgan fingerprint density at radius 1 is 1.55 bits per heavy atom. The second-order valence-electron chi connectivity index (χ2n) is 5.97. The Bertz CT molecular complexity index is 479. The van der Waals surface area contributed by atoms with E-state index in [1.54, 1.807) is 0 Å². The molecule has 2 unspecified atom stereocenters. The molecule has 1 amide bonds. The molecule has 0 bridgehead atoms. The number of hydrogen-bond acceptors (Lipinski definition) is 1. The van der Waals surface area contributed by atoms with E-state index in [9.17, 15) is 4.79 Å². The average Bonchev–Trinajstić information content (AvgIpc) is 2.38. The van der Waals surface area contributed by atoms with Crippen LogP contribution in [0.25, 0.3) is 0 Å². The van der Waals surface area contributed by atoms with E-state index in [-0.39, 0.29) is 11.4 Å². The fraction of sp³-hybridized carbons (Fsp3) is 0.562. The van der Waals surface area contributed by atoms with Crippen LogP contribution in [0.4, 0.5) is 0 Å². The zero-order valence-electron chi connectivity index (χ0n) is 11.8. The fourth-order valence-corrected chi connectivity index (χ4v) is 3.96. The Balaban J connectivity index is 1.99. The minimum atomic E-state index is -0.0761. The van der Waals surface area contributed by atoms with Crippen LogP contribution in [0.2, 0.25) is 5.02 Å². The van der Waals surface area contributed by atoms with Gasteiger partial charge in [-0.2, -0.15) is 0 Å². The van der Waals surface area contributed by atoms with E-state index in [1.165, 1.54) is 12.8 Å². The van der Waals surface area contributed by atoms with Gasteiger partial charge in [0.25, 0.3) is 0 Å². The van der Waals surface area contributed by atoms with Gasteiger partial charge < -0.3 is 5.32 Å². The summed E-state index contributed by atoms with van der Waals surface area (Å²) in [6, 6.07) is 7.50. The van der Waals surface area contributed by atoms with E-state index in [1.807, 2.05) is 24.3 Å². The first-order valence-electron chi connectivity index (χ1n) is 7.14. The second-order valence-corrected chi connectivity index (χ2v) is 6.97. The highest BCUT2D eigenvalue weighted by Gasteiger charge is 2.35. The van der Waals surface area contributed by atoms with Crippen molar-refractivity contribution in [1.29, 1.82) is 0 Å². The Morgan fingerprint density at radius 3 is 3.00 bits per heavy atom. The third-order valence-corrected chi connectivity index (χ3v) is 5.31. The molecule has 1 aliphatic rings. The lowest BCUT2D eigenvalue weighted by Crippen LogP contribution is -2.53. The van der Waals surface area contributed by atoms with Gasteiger partial charge in [0, 0.05) is 15.9 Å². The first kappa shape index (κ1) is 15.8. The van der Waals surface area contributed by atoms with E-state index in [0.717, 1.165) is 23.7 Å². The fourth-order valence-electron chi connectivity index (χ4n) is 3.10. The number of nitrogens with one attached hydrogen (secondary N) is 1. The van der Waals surface area contributed by atoms with E-state index < -0.39 is 0 Å². The molecule has 1 aromatic rings. The molecule has 1 aromatic carbocycles. The van der Waals surface area contributed by atoms with Gasteiger partial charge in [-0.15, -0.1) is 0 Å². The first-order valence-corrected chi connectivity index (χ1v) is 8.64. The van der Waals surface area contributed by atoms with E-state index in [4.69, 9.17) is 11.6 Å². The van der Waals surface area contributed by atoms with E-state index in [0.29, 0.717) is 17.4 Å². The Labute approximate surface area is 134 Å². The first-order chi connectivity index (χ1) is 9.53. The second kappa shape index (κ2) is 6.95. The van der Waals surface area contributed by atoms with Gasteiger partial charge in [0.2, 0.25) is 5.91 Å². The third-order valence-electron chi connectivity index (χ3n) is 4.01. The molecule has 4 heteroatoms. The molecule has 20 heavy (non-hydrogen) atoms. The highest BCUT2D eigenvalue weighted by atomic mass is 79.9. The van der Waals surface area contributed by atoms with Crippen molar-refractivity contribution in [2.75, 3.05) is 5.33 Å². The highest BCUT2D eigenvalue weighted by molar-refractivity contribution is 9.09. The van der Waals surface area contributed by atoms with Gasteiger partial charge in [-0.25, -0.2) is 0 Å². The van der Waals surface area contributed by atoms with Gasteiger partial charge in [0.1, 0.15) is 0 Å². The maximum Gasteiger partial charge on any atom is 0.224 e. The monoisotopic (exact) mass is 357 g/mol. The van der Waals surface area contributed by atoms with E-state index >= 15 is 0 Å². The quantitative estimate of drug-likeness (QED) is 0.797. The van der Waals surface area contributed by atoms with Crippen molar-refractivity contribution in [3.63, 3.8) is 0 Å². The standard InChI is InChI=1S/C16H21BrClNO/c1-12-4-3-7-16(10-12,11-17)19-15(20)9-13-5-2-6-14(18)8-13/h2,5-6,8,12H,3-4,7,9-11H2,1H3,(H,19,20). The summed E-state index contributed by atoms with van der Waals surface area (Å²) in [7, 11) is 0. The number of halogens is 2. The molecular weight excluding hydrogens is 338 g/mol. The lowest BCUT2D eigenvalue weighted by atomic mass is 9.77. The van der Waals surface area contributed by atoms with Crippen LogP contribution in [0.1, 0.15) is 38.2 Å². The summed E-state index contributed by atoms with van der Waals surface area (Å²) >= 11 is 9.54. The minimum absolute atomic E-state index is 0.0761. The van der Waals surface area contributed by atoms with E-state index in [2.05, 4.69) is 28.2 Å². The SMILES string of the molecule is CC1CCCC(CBr)(NC(=O)Cc2cccc(Cl)c2)C1. The van der Waals surface area contributed by atoms with Crippen LogP contribution in [-0.4, -0.2) is 16.8 Å². The van der Waals surface area contributed by atoms with Crippen LogP contribution in [0.3, 0.4) is 0 Å². The molecule has 1 aliphatic carbocycles. The minimum Gasteiger partial charge on any atom is -0.350 e. The Kier molecular flexibility index (Phi) is 5.50. The molecule has 0 aliphatic heterocycles. The van der Waals surface area contributed by atoms with Crippen LogP contribution in [0.5, 0.6) is 0 Å². The number of hydrogen-bond donors (Lipinski definition) is 1. The maximum atomic E-state index is 12.3. The van der Waals surface area contributed by atoms with Gasteiger partial charge >= 0.3 is 0 Å². The van der Waals surface area contributed by atoms with Crippen molar-refractivity contribution >= 4 is 33.4 Å². The van der Waals surface area contributed by atoms with Crippen molar-refractivity contribution in [2.45, 2.75) is 44.6 Å². The molecule has 2 nitrogen and oxygen atoms in total. The number of rotatable bonds is 4. The van der Waals surface area contributed by atoms with Crippen LogP contribution in [0, 0.1) is 5.92 Å². The normalized spacial score (nSPS) is 26.2. The highest BCUT2D eigenvalue weighted by Crippen LogP contribution is 2.33. The van der Waals surface area contributed by atoms with Gasteiger partial charge in [0.15, 0.2) is 0 Å². The van der Waals surface area contributed by atoms with Crippen molar-refractivity contribution in [3.05, 3.63) is 34.9 Å². The summed E-state index contributed by atoms with van der Waals surface area (Å²) in [4.78, 5) is 12.3. The van der Waals surface area contributed by atoms with Crippen LogP contribution in [-0.2, 0) is 11.2 Å². The molecular formula is C16H21BrClNO. The lowest BCUT2D eigenvalue weighted by molar-refractivity contribution is -0.122. The molecule has 1 saturated carbocycles. The number of carbonyl (C=O) groups is 1. The molecule has 0 saturated heterocycles. The Hall–Kier alpha value is -0.540. The third kappa shape index (κ3) is 4.23. The van der Waals surface area contributed by atoms with Crippen LogP contribution < -0.4 is 5.32 Å². The van der Waals surface area contributed by atoms with Gasteiger partial charge in [-0.1, -0.05) is 59.4 Å². The van der Waals surface area contributed by atoms with Crippen molar-refractivity contribution < 1.29 is 4.79 Å². The van der Waals surface area contributed by atoms with Gasteiger partial charge in [-0.05, 0) is 36.5 Å². The molecule has 1 fully saturated rings. The molecule has 2 atom stereocenters.